The quantitative estimate of drug-likeness (QED) is 0.751. The second kappa shape index (κ2) is 6.79. The van der Waals surface area contributed by atoms with Crippen LogP contribution in [0, 0.1) is 11.2 Å². The van der Waals surface area contributed by atoms with Crippen LogP contribution < -0.4 is 5.73 Å². The fourth-order valence-corrected chi connectivity index (χ4v) is 5.49. The molecule has 0 aromatic heterocycles. The van der Waals surface area contributed by atoms with Gasteiger partial charge in [0.25, 0.3) is 5.91 Å². The van der Waals surface area contributed by atoms with Gasteiger partial charge in [0.15, 0.2) is 11.5 Å². The second-order valence-corrected chi connectivity index (χ2v) is 9.13. The van der Waals surface area contributed by atoms with Crippen LogP contribution >= 0.6 is 11.6 Å². The Hall–Kier alpha value is -2.44. The average molecular weight is 428 g/mol. The summed E-state index contributed by atoms with van der Waals surface area (Å²) in [5.41, 5.74) is 8.43. The molecule has 156 valence electrons. The van der Waals surface area contributed by atoms with Crippen molar-refractivity contribution in [2.45, 2.75) is 31.2 Å². The number of aliphatic imine (C=N–C) groups is 1. The lowest BCUT2D eigenvalue weighted by Gasteiger charge is -2.47. The first-order valence-corrected chi connectivity index (χ1v) is 10.5. The Morgan fingerprint density at radius 1 is 1.17 bits per heavy atom. The number of carbonyl (C=O) groups excluding carboxylic acids is 1. The molecule has 1 saturated heterocycles. The molecular formula is C23H23ClFN3O2. The van der Waals surface area contributed by atoms with Crippen LogP contribution in [0.4, 0.5) is 4.39 Å². The van der Waals surface area contributed by atoms with Crippen molar-refractivity contribution >= 4 is 23.5 Å². The predicted octanol–water partition coefficient (Wildman–Crippen LogP) is 3.87. The maximum Gasteiger partial charge on any atom is 0.261 e. The Bertz CT molecular complexity index is 1060. The molecule has 2 heterocycles. The summed E-state index contributed by atoms with van der Waals surface area (Å²) in [7, 11) is 1.66. The SMILES string of the molecule is CN1C(=O)C2(CC3(CCOCC3)Cc3ccc(-c4cc(F)cc(Cl)c4)cc32)N=C1N. The number of carbonyl (C=O) groups is 1. The molecule has 0 bridgehead atoms. The van der Waals surface area contributed by atoms with E-state index in [1.54, 1.807) is 13.1 Å². The van der Waals surface area contributed by atoms with Crippen LogP contribution in [0.25, 0.3) is 11.1 Å². The number of fused-ring (bicyclic) bond motifs is 2. The third kappa shape index (κ3) is 2.93. The summed E-state index contributed by atoms with van der Waals surface area (Å²) < 4.78 is 19.6. The summed E-state index contributed by atoms with van der Waals surface area (Å²) in [6, 6.07) is 10.4. The maximum absolute atomic E-state index is 14.0. The van der Waals surface area contributed by atoms with Gasteiger partial charge in [-0.15, -0.1) is 0 Å². The molecule has 1 amide bonds. The summed E-state index contributed by atoms with van der Waals surface area (Å²) in [6.07, 6.45) is 3.25. The minimum absolute atomic E-state index is 0.0421. The van der Waals surface area contributed by atoms with Gasteiger partial charge in [-0.2, -0.15) is 0 Å². The van der Waals surface area contributed by atoms with Gasteiger partial charge in [0, 0.05) is 25.3 Å². The Kier molecular flexibility index (Phi) is 4.42. The van der Waals surface area contributed by atoms with Crippen LogP contribution in [-0.4, -0.2) is 37.0 Å². The molecule has 2 aliphatic heterocycles. The van der Waals surface area contributed by atoms with Crippen LogP contribution in [0.5, 0.6) is 0 Å². The molecule has 5 rings (SSSR count). The van der Waals surface area contributed by atoms with Crippen molar-refractivity contribution in [3.63, 3.8) is 0 Å². The number of guanidine groups is 1. The number of rotatable bonds is 1. The number of hydrogen-bond donors (Lipinski definition) is 1. The molecule has 30 heavy (non-hydrogen) atoms. The lowest BCUT2D eigenvalue weighted by molar-refractivity contribution is -0.133. The van der Waals surface area contributed by atoms with Gasteiger partial charge in [-0.1, -0.05) is 23.7 Å². The van der Waals surface area contributed by atoms with Crippen LogP contribution in [-0.2, 0) is 21.5 Å². The minimum Gasteiger partial charge on any atom is -0.381 e. The first kappa shape index (κ1) is 19.5. The Labute approximate surface area is 179 Å². The van der Waals surface area contributed by atoms with Crippen molar-refractivity contribution in [3.8, 4) is 11.1 Å². The van der Waals surface area contributed by atoms with Crippen LogP contribution in [0.1, 0.15) is 30.4 Å². The minimum atomic E-state index is -1.04. The smallest absolute Gasteiger partial charge is 0.261 e. The van der Waals surface area contributed by atoms with Gasteiger partial charge in [0.05, 0.1) is 0 Å². The first-order chi connectivity index (χ1) is 14.3. The standard InChI is InChI=1S/C23H23ClFN3O2/c1-28-20(29)23(27-21(28)26)13-22(4-6-30-7-5-22)12-15-3-2-14(10-19(15)23)16-8-17(24)11-18(25)9-16/h2-3,8-11H,4-7,12-13H2,1H3,(H2,26,27). The summed E-state index contributed by atoms with van der Waals surface area (Å²) in [5, 5.41) is 0.331. The number of hydrogen-bond acceptors (Lipinski definition) is 4. The number of amides is 1. The van der Waals surface area contributed by atoms with E-state index in [9.17, 15) is 9.18 Å². The zero-order valence-corrected chi connectivity index (χ0v) is 17.5. The lowest BCUT2D eigenvalue weighted by atomic mass is 9.60. The molecule has 2 aromatic carbocycles. The van der Waals surface area contributed by atoms with E-state index in [2.05, 4.69) is 0 Å². The first-order valence-electron chi connectivity index (χ1n) is 10.1. The van der Waals surface area contributed by atoms with E-state index in [0.29, 0.717) is 30.2 Å². The molecular weight excluding hydrogens is 405 g/mol. The highest BCUT2D eigenvalue weighted by molar-refractivity contribution is 6.30. The zero-order valence-electron chi connectivity index (χ0n) is 16.8. The van der Waals surface area contributed by atoms with E-state index < -0.39 is 11.4 Å². The van der Waals surface area contributed by atoms with E-state index in [0.717, 1.165) is 36.0 Å². The van der Waals surface area contributed by atoms with E-state index in [1.165, 1.54) is 17.0 Å². The number of likely N-dealkylation sites (N-methyl/N-ethyl adjacent to an activating group) is 1. The van der Waals surface area contributed by atoms with Crippen molar-refractivity contribution in [3.05, 3.63) is 58.4 Å². The highest BCUT2D eigenvalue weighted by atomic mass is 35.5. The van der Waals surface area contributed by atoms with E-state index >= 15 is 0 Å². The zero-order chi connectivity index (χ0) is 21.1. The average Bonchev–Trinajstić information content (AvgIpc) is 2.91. The van der Waals surface area contributed by atoms with Crippen molar-refractivity contribution in [1.29, 1.82) is 0 Å². The molecule has 5 nitrogen and oxygen atoms in total. The summed E-state index contributed by atoms with van der Waals surface area (Å²) in [6.45, 7) is 1.38. The molecule has 2 aromatic rings. The van der Waals surface area contributed by atoms with Gasteiger partial charge in [-0.05, 0) is 77.6 Å². The fraction of sp³-hybridized carbons (Fsp3) is 0.391. The lowest BCUT2D eigenvalue weighted by Crippen LogP contribution is -2.49. The Morgan fingerprint density at radius 3 is 2.60 bits per heavy atom. The van der Waals surface area contributed by atoms with Crippen LogP contribution in [0.2, 0.25) is 5.02 Å². The second-order valence-electron chi connectivity index (χ2n) is 8.69. The van der Waals surface area contributed by atoms with Crippen LogP contribution in [0.15, 0.2) is 41.4 Å². The molecule has 1 unspecified atom stereocenters. The van der Waals surface area contributed by atoms with Gasteiger partial charge < -0.3 is 10.5 Å². The molecule has 0 radical (unpaired) electrons. The summed E-state index contributed by atoms with van der Waals surface area (Å²) >= 11 is 6.07. The Balaban J connectivity index is 1.69. The van der Waals surface area contributed by atoms with Gasteiger partial charge >= 0.3 is 0 Å². The number of halogens is 2. The normalized spacial score (nSPS) is 25.0. The molecule has 3 aliphatic rings. The van der Waals surface area contributed by atoms with Crippen molar-refractivity contribution < 1.29 is 13.9 Å². The number of benzene rings is 2. The fourth-order valence-electron chi connectivity index (χ4n) is 5.27. The molecule has 7 heteroatoms. The third-order valence-corrected chi connectivity index (χ3v) is 7.03. The molecule has 1 fully saturated rings. The number of ether oxygens (including phenoxy) is 1. The number of nitrogens with zero attached hydrogens (tertiary/aromatic N) is 2. The monoisotopic (exact) mass is 427 g/mol. The van der Waals surface area contributed by atoms with Gasteiger partial charge in [-0.25, -0.2) is 9.38 Å². The summed E-state index contributed by atoms with van der Waals surface area (Å²) in [4.78, 5) is 19.6. The highest BCUT2D eigenvalue weighted by Gasteiger charge is 2.56. The Morgan fingerprint density at radius 2 is 1.93 bits per heavy atom. The van der Waals surface area contributed by atoms with Crippen molar-refractivity contribution in [2.24, 2.45) is 16.1 Å². The van der Waals surface area contributed by atoms with Gasteiger partial charge in [0.2, 0.25) is 0 Å². The van der Waals surface area contributed by atoms with Crippen molar-refractivity contribution in [2.75, 3.05) is 20.3 Å². The largest absolute Gasteiger partial charge is 0.381 e. The topological polar surface area (TPSA) is 67.9 Å². The van der Waals surface area contributed by atoms with Gasteiger partial charge in [0.1, 0.15) is 5.82 Å². The molecule has 1 atom stereocenters. The van der Waals surface area contributed by atoms with Crippen LogP contribution in [0.3, 0.4) is 0 Å². The maximum atomic E-state index is 14.0. The highest BCUT2D eigenvalue weighted by Crippen LogP contribution is 2.54. The summed E-state index contributed by atoms with van der Waals surface area (Å²) in [5.74, 6) is -0.277. The van der Waals surface area contributed by atoms with Crippen molar-refractivity contribution in [1.82, 2.24) is 4.90 Å². The van der Waals surface area contributed by atoms with E-state index in [-0.39, 0.29) is 17.3 Å². The number of nitrogens with two attached hydrogens (primary N) is 1. The van der Waals surface area contributed by atoms with E-state index in [1.807, 2.05) is 18.2 Å². The molecule has 0 saturated carbocycles. The third-order valence-electron chi connectivity index (χ3n) is 6.81. The predicted molar refractivity (Wildman–Crippen MR) is 114 cm³/mol. The molecule has 2 spiro atoms. The molecule has 1 aliphatic carbocycles. The molecule has 2 N–H and O–H groups in total. The van der Waals surface area contributed by atoms with Gasteiger partial charge in [-0.3, -0.25) is 9.69 Å². The van der Waals surface area contributed by atoms with E-state index in [4.69, 9.17) is 27.1 Å².